The maximum Gasteiger partial charge on any atom is 0.222 e. The average Bonchev–Trinajstić information content (AvgIpc) is 3.19. The highest BCUT2D eigenvalue weighted by Crippen LogP contribution is 2.23. The fraction of sp³-hybridized carbons (Fsp3) is 0.364. The van der Waals surface area contributed by atoms with Gasteiger partial charge in [-0.2, -0.15) is 0 Å². The molecule has 152 valence electrons. The van der Waals surface area contributed by atoms with E-state index in [4.69, 9.17) is 4.74 Å². The lowest BCUT2D eigenvalue weighted by molar-refractivity contribution is -0.131. The molecule has 0 bridgehead atoms. The van der Waals surface area contributed by atoms with E-state index in [1.165, 1.54) is 0 Å². The SMILES string of the molecule is COc1cccc(N2CCN(C(=O)CCCSc3nc4ccccc4[nH]3)CC2)c1. The number of H-pyrrole nitrogens is 1. The second-order valence-corrected chi connectivity index (χ2v) is 8.16. The Morgan fingerprint density at radius 1 is 1.14 bits per heavy atom. The summed E-state index contributed by atoms with van der Waals surface area (Å²) >= 11 is 1.68. The predicted octanol–water partition coefficient (Wildman–Crippen LogP) is 3.79. The molecule has 3 aromatic rings. The molecule has 1 aromatic heterocycles. The van der Waals surface area contributed by atoms with Crippen LogP contribution < -0.4 is 9.64 Å². The van der Waals surface area contributed by atoms with Crippen molar-refractivity contribution in [3.63, 3.8) is 0 Å². The molecule has 1 amide bonds. The van der Waals surface area contributed by atoms with Crippen LogP contribution in [0.3, 0.4) is 0 Å². The Morgan fingerprint density at radius 2 is 1.97 bits per heavy atom. The second-order valence-electron chi connectivity index (χ2n) is 7.08. The summed E-state index contributed by atoms with van der Waals surface area (Å²) in [6.07, 6.45) is 1.45. The van der Waals surface area contributed by atoms with Crippen molar-refractivity contribution in [1.29, 1.82) is 0 Å². The number of hydrogen-bond acceptors (Lipinski definition) is 5. The summed E-state index contributed by atoms with van der Waals surface area (Å²) in [6.45, 7) is 3.25. The number of amides is 1. The Hall–Kier alpha value is -2.67. The first-order valence-corrected chi connectivity index (χ1v) is 11.0. The molecule has 0 saturated carbocycles. The van der Waals surface area contributed by atoms with E-state index in [2.05, 4.69) is 20.9 Å². The minimum absolute atomic E-state index is 0.250. The number of nitrogens with one attached hydrogen (secondary N) is 1. The van der Waals surface area contributed by atoms with Crippen LogP contribution in [0.25, 0.3) is 11.0 Å². The Kier molecular flexibility index (Phi) is 6.24. The summed E-state index contributed by atoms with van der Waals surface area (Å²) in [7, 11) is 1.68. The number of aromatic nitrogens is 2. The van der Waals surface area contributed by atoms with E-state index in [1.54, 1.807) is 18.9 Å². The van der Waals surface area contributed by atoms with Gasteiger partial charge in [-0.3, -0.25) is 4.79 Å². The summed E-state index contributed by atoms with van der Waals surface area (Å²) in [4.78, 5) is 24.7. The summed E-state index contributed by atoms with van der Waals surface area (Å²) in [6, 6.07) is 16.1. The second kappa shape index (κ2) is 9.22. The van der Waals surface area contributed by atoms with Crippen LogP contribution in [0.4, 0.5) is 5.69 Å². The number of fused-ring (bicyclic) bond motifs is 1. The number of ether oxygens (including phenoxy) is 1. The normalized spacial score (nSPS) is 14.4. The van der Waals surface area contributed by atoms with Gasteiger partial charge in [0.05, 0.1) is 18.1 Å². The van der Waals surface area contributed by atoms with Crippen LogP contribution in [0.5, 0.6) is 5.75 Å². The van der Waals surface area contributed by atoms with E-state index in [9.17, 15) is 4.79 Å². The first kappa shape index (κ1) is 19.6. The van der Waals surface area contributed by atoms with E-state index in [0.29, 0.717) is 6.42 Å². The van der Waals surface area contributed by atoms with E-state index in [0.717, 1.165) is 66.0 Å². The van der Waals surface area contributed by atoms with Gasteiger partial charge in [0.15, 0.2) is 5.16 Å². The number of anilines is 1. The highest BCUT2D eigenvalue weighted by Gasteiger charge is 2.21. The lowest BCUT2D eigenvalue weighted by atomic mass is 10.2. The fourth-order valence-electron chi connectivity index (χ4n) is 3.57. The van der Waals surface area contributed by atoms with Crippen molar-refractivity contribution in [3.05, 3.63) is 48.5 Å². The lowest BCUT2D eigenvalue weighted by Gasteiger charge is -2.36. The molecule has 1 N–H and O–H groups in total. The topological polar surface area (TPSA) is 61.5 Å². The minimum Gasteiger partial charge on any atom is -0.497 e. The third-order valence-electron chi connectivity index (χ3n) is 5.19. The number of nitrogens with zero attached hydrogens (tertiary/aromatic N) is 3. The molecule has 2 aromatic carbocycles. The molecular weight excluding hydrogens is 384 g/mol. The highest BCUT2D eigenvalue weighted by molar-refractivity contribution is 7.99. The predicted molar refractivity (Wildman–Crippen MR) is 118 cm³/mol. The summed E-state index contributed by atoms with van der Waals surface area (Å²) in [5.41, 5.74) is 3.19. The Balaban J connectivity index is 1.19. The van der Waals surface area contributed by atoms with Crippen molar-refractivity contribution < 1.29 is 9.53 Å². The van der Waals surface area contributed by atoms with Gasteiger partial charge in [0.25, 0.3) is 0 Å². The largest absolute Gasteiger partial charge is 0.497 e. The molecule has 1 aliphatic heterocycles. The molecule has 0 unspecified atom stereocenters. The quantitative estimate of drug-likeness (QED) is 0.474. The van der Waals surface area contributed by atoms with Crippen LogP contribution >= 0.6 is 11.8 Å². The van der Waals surface area contributed by atoms with Crippen LogP contribution in [0.2, 0.25) is 0 Å². The fourth-order valence-corrected chi connectivity index (χ4v) is 4.40. The Morgan fingerprint density at radius 3 is 2.76 bits per heavy atom. The molecule has 0 radical (unpaired) electrons. The summed E-state index contributed by atoms with van der Waals surface area (Å²) in [5.74, 6) is 2.00. The molecule has 1 fully saturated rings. The van der Waals surface area contributed by atoms with Crippen molar-refractivity contribution in [2.75, 3.05) is 43.9 Å². The van der Waals surface area contributed by atoms with Gasteiger partial charge >= 0.3 is 0 Å². The van der Waals surface area contributed by atoms with Crippen LogP contribution in [0.15, 0.2) is 53.7 Å². The number of thioether (sulfide) groups is 1. The van der Waals surface area contributed by atoms with Crippen LogP contribution in [-0.4, -0.2) is 59.8 Å². The summed E-state index contributed by atoms with van der Waals surface area (Å²) in [5, 5.41) is 0.922. The van der Waals surface area contributed by atoms with Crippen molar-refractivity contribution in [2.24, 2.45) is 0 Å². The molecular formula is C22H26N4O2S. The Bertz CT molecular complexity index is 933. The van der Waals surface area contributed by atoms with Gasteiger partial charge in [-0.1, -0.05) is 30.0 Å². The number of aromatic amines is 1. The third kappa shape index (κ3) is 4.85. The molecule has 6 nitrogen and oxygen atoms in total. The van der Waals surface area contributed by atoms with Gasteiger partial charge in [0, 0.05) is 50.1 Å². The van der Waals surface area contributed by atoms with E-state index >= 15 is 0 Å². The average molecular weight is 411 g/mol. The Labute approximate surface area is 175 Å². The van der Waals surface area contributed by atoms with Crippen LogP contribution in [0, 0.1) is 0 Å². The number of piperazine rings is 1. The number of hydrogen-bond donors (Lipinski definition) is 1. The number of imidazole rings is 1. The smallest absolute Gasteiger partial charge is 0.222 e. The standard InChI is InChI=1S/C22H26N4O2S/c1-28-18-7-4-6-17(16-18)25-11-13-26(14-12-25)21(27)10-5-15-29-22-23-19-8-2-3-9-20(19)24-22/h2-4,6-9,16H,5,10-15H2,1H3,(H,23,24). The molecule has 0 atom stereocenters. The highest BCUT2D eigenvalue weighted by atomic mass is 32.2. The zero-order chi connectivity index (χ0) is 20.1. The van der Waals surface area contributed by atoms with Gasteiger partial charge in [-0.25, -0.2) is 4.98 Å². The number of para-hydroxylation sites is 2. The molecule has 7 heteroatoms. The number of carbonyl (C=O) groups is 1. The van der Waals surface area contributed by atoms with Crippen molar-refractivity contribution >= 4 is 34.4 Å². The summed E-state index contributed by atoms with van der Waals surface area (Å²) < 4.78 is 5.31. The zero-order valence-corrected chi connectivity index (χ0v) is 17.5. The van der Waals surface area contributed by atoms with E-state index in [1.807, 2.05) is 47.4 Å². The first-order valence-electron chi connectivity index (χ1n) is 9.97. The van der Waals surface area contributed by atoms with E-state index in [-0.39, 0.29) is 5.91 Å². The van der Waals surface area contributed by atoms with Gasteiger partial charge in [0.1, 0.15) is 5.75 Å². The molecule has 1 saturated heterocycles. The molecule has 29 heavy (non-hydrogen) atoms. The third-order valence-corrected chi connectivity index (χ3v) is 6.15. The first-order chi connectivity index (χ1) is 14.2. The van der Waals surface area contributed by atoms with Crippen molar-refractivity contribution in [2.45, 2.75) is 18.0 Å². The maximum atomic E-state index is 12.5. The molecule has 2 heterocycles. The van der Waals surface area contributed by atoms with Gasteiger partial charge in [-0.15, -0.1) is 0 Å². The molecule has 1 aliphatic rings. The molecule has 4 rings (SSSR count). The number of rotatable bonds is 7. The van der Waals surface area contributed by atoms with Gasteiger partial charge in [0.2, 0.25) is 5.91 Å². The van der Waals surface area contributed by atoms with Crippen molar-refractivity contribution in [3.8, 4) is 5.75 Å². The number of methoxy groups -OCH3 is 1. The number of carbonyl (C=O) groups excluding carboxylic acids is 1. The minimum atomic E-state index is 0.250. The van der Waals surface area contributed by atoms with E-state index < -0.39 is 0 Å². The zero-order valence-electron chi connectivity index (χ0n) is 16.6. The maximum absolute atomic E-state index is 12.5. The lowest BCUT2D eigenvalue weighted by Crippen LogP contribution is -2.48. The molecule has 0 spiro atoms. The van der Waals surface area contributed by atoms with Crippen LogP contribution in [-0.2, 0) is 4.79 Å². The number of benzene rings is 2. The van der Waals surface area contributed by atoms with Gasteiger partial charge < -0.3 is 19.5 Å². The van der Waals surface area contributed by atoms with Gasteiger partial charge in [-0.05, 0) is 30.7 Å². The van der Waals surface area contributed by atoms with Crippen LogP contribution in [0.1, 0.15) is 12.8 Å². The monoisotopic (exact) mass is 410 g/mol. The molecule has 0 aliphatic carbocycles. The van der Waals surface area contributed by atoms with Crippen molar-refractivity contribution in [1.82, 2.24) is 14.9 Å².